The van der Waals surface area contributed by atoms with Crippen molar-refractivity contribution in [2.75, 3.05) is 25.5 Å². The molecule has 0 aliphatic heterocycles. The minimum Gasteiger partial charge on any atom is -0.357 e. The number of carbonyl (C=O) groups excluding carboxylic acids is 2. The Hall–Kier alpha value is -3.35. The van der Waals surface area contributed by atoms with Crippen molar-refractivity contribution in [2.24, 2.45) is 10.9 Å². The zero-order valence-corrected chi connectivity index (χ0v) is 18.9. The van der Waals surface area contributed by atoms with E-state index in [1.54, 1.807) is 7.05 Å². The van der Waals surface area contributed by atoms with E-state index in [1.807, 2.05) is 55.5 Å². The van der Waals surface area contributed by atoms with Crippen LogP contribution in [0.25, 0.3) is 0 Å². The molecule has 0 aromatic heterocycles. The minimum atomic E-state index is -0.0826. The summed E-state index contributed by atoms with van der Waals surface area (Å²) in [7, 11) is 1.63. The molecule has 1 aliphatic rings. The van der Waals surface area contributed by atoms with E-state index in [1.165, 1.54) is 0 Å². The molecule has 0 radical (unpaired) electrons. The molecule has 1 aliphatic carbocycles. The predicted molar refractivity (Wildman–Crippen MR) is 129 cm³/mol. The summed E-state index contributed by atoms with van der Waals surface area (Å²) in [6.45, 7) is 3.99. The molecule has 3 rings (SSSR count). The van der Waals surface area contributed by atoms with Crippen molar-refractivity contribution < 1.29 is 9.59 Å². The minimum absolute atomic E-state index is 0.0826. The molecule has 170 valence electrons. The molecule has 1 saturated carbocycles. The molecule has 0 saturated heterocycles. The molecule has 2 aromatic carbocycles. The number of anilines is 1. The van der Waals surface area contributed by atoms with Crippen LogP contribution in [0.15, 0.2) is 53.5 Å². The number of rotatable bonds is 9. The van der Waals surface area contributed by atoms with Gasteiger partial charge in [0.05, 0.1) is 6.54 Å². The lowest BCUT2D eigenvalue weighted by atomic mass is 9.85. The molecule has 4 N–H and O–H groups in total. The van der Waals surface area contributed by atoms with Gasteiger partial charge in [0.2, 0.25) is 5.91 Å². The van der Waals surface area contributed by atoms with Crippen molar-refractivity contribution in [3.05, 3.63) is 65.2 Å². The highest BCUT2D eigenvalue weighted by atomic mass is 16.2. The summed E-state index contributed by atoms with van der Waals surface area (Å²) in [6.07, 6.45) is 3.90. The second-order valence-electron chi connectivity index (χ2n) is 7.97. The van der Waals surface area contributed by atoms with Gasteiger partial charge in [0.25, 0.3) is 5.91 Å². The monoisotopic (exact) mass is 435 g/mol. The smallest absolute Gasteiger partial charge is 0.251 e. The van der Waals surface area contributed by atoms with Crippen LogP contribution in [0.5, 0.6) is 0 Å². The van der Waals surface area contributed by atoms with Gasteiger partial charge in [-0.05, 0) is 61.6 Å². The van der Waals surface area contributed by atoms with E-state index < -0.39 is 0 Å². The normalized spacial score (nSPS) is 13.8. The maximum atomic E-state index is 12.2. The maximum Gasteiger partial charge on any atom is 0.251 e. The van der Waals surface area contributed by atoms with Crippen LogP contribution in [-0.2, 0) is 17.8 Å². The highest BCUT2D eigenvalue weighted by molar-refractivity contribution is 5.94. The largest absolute Gasteiger partial charge is 0.357 e. The standard InChI is InChI=1S/C25H33N5O2/c1-3-27-25(28-14-13-18-7-4-11-21(15-18)23(31)26-2)29-17-19-8-5-12-22(16-19)30-24(32)20-9-6-10-20/h4-5,7-8,11-12,15-16,20H,3,6,9-10,13-14,17H2,1-2H3,(H,26,31)(H,30,32)(H2,27,28,29). The van der Waals surface area contributed by atoms with Crippen molar-refractivity contribution in [3.8, 4) is 0 Å². The van der Waals surface area contributed by atoms with Gasteiger partial charge in [0, 0.05) is 37.3 Å². The molecular weight excluding hydrogens is 402 g/mol. The van der Waals surface area contributed by atoms with Crippen molar-refractivity contribution in [3.63, 3.8) is 0 Å². The SMILES string of the molecule is CCNC(=NCc1cccc(NC(=O)C2CCC2)c1)NCCc1cccc(C(=O)NC)c1. The van der Waals surface area contributed by atoms with E-state index in [4.69, 9.17) is 0 Å². The van der Waals surface area contributed by atoms with Gasteiger partial charge in [-0.3, -0.25) is 9.59 Å². The van der Waals surface area contributed by atoms with E-state index in [9.17, 15) is 9.59 Å². The fourth-order valence-electron chi connectivity index (χ4n) is 3.51. The highest BCUT2D eigenvalue weighted by Gasteiger charge is 2.25. The Balaban J connectivity index is 1.54. The van der Waals surface area contributed by atoms with Crippen molar-refractivity contribution in [1.29, 1.82) is 0 Å². The topological polar surface area (TPSA) is 94.6 Å². The van der Waals surface area contributed by atoms with Gasteiger partial charge in [-0.2, -0.15) is 0 Å². The summed E-state index contributed by atoms with van der Waals surface area (Å²) in [4.78, 5) is 28.7. The molecule has 32 heavy (non-hydrogen) atoms. The molecule has 0 heterocycles. The third-order valence-electron chi connectivity index (χ3n) is 5.56. The van der Waals surface area contributed by atoms with Crippen LogP contribution in [0.3, 0.4) is 0 Å². The fraction of sp³-hybridized carbons (Fsp3) is 0.400. The molecule has 0 bridgehead atoms. The van der Waals surface area contributed by atoms with E-state index in [-0.39, 0.29) is 17.7 Å². The Morgan fingerprint density at radius 3 is 2.53 bits per heavy atom. The third-order valence-corrected chi connectivity index (χ3v) is 5.56. The Morgan fingerprint density at radius 2 is 1.81 bits per heavy atom. The molecule has 7 nitrogen and oxygen atoms in total. The number of benzene rings is 2. The number of hydrogen-bond acceptors (Lipinski definition) is 3. The lowest BCUT2D eigenvalue weighted by Gasteiger charge is -2.24. The zero-order valence-electron chi connectivity index (χ0n) is 18.9. The number of amides is 2. The van der Waals surface area contributed by atoms with E-state index in [0.29, 0.717) is 18.7 Å². The van der Waals surface area contributed by atoms with Gasteiger partial charge in [-0.1, -0.05) is 30.7 Å². The maximum absolute atomic E-state index is 12.2. The first-order chi connectivity index (χ1) is 15.6. The lowest BCUT2D eigenvalue weighted by molar-refractivity contribution is -0.122. The number of nitrogens with zero attached hydrogens (tertiary/aromatic N) is 1. The van der Waals surface area contributed by atoms with Crippen molar-refractivity contribution in [2.45, 2.75) is 39.2 Å². The first-order valence-electron chi connectivity index (χ1n) is 11.3. The van der Waals surface area contributed by atoms with Crippen LogP contribution in [0.4, 0.5) is 5.69 Å². The fourth-order valence-corrected chi connectivity index (χ4v) is 3.51. The van der Waals surface area contributed by atoms with E-state index in [2.05, 4.69) is 26.3 Å². The van der Waals surface area contributed by atoms with Crippen LogP contribution in [0, 0.1) is 5.92 Å². The van der Waals surface area contributed by atoms with E-state index >= 15 is 0 Å². The summed E-state index contributed by atoms with van der Waals surface area (Å²) in [5.74, 6) is 0.936. The van der Waals surface area contributed by atoms with Gasteiger partial charge in [-0.25, -0.2) is 4.99 Å². The molecule has 1 fully saturated rings. The Morgan fingerprint density at radius 1 is 1.03 bits per heavy atom. The van der Waals surface area contributed by atoms with Crippen LogP contribution in [-0.4, -0.2) is 37.9 Å². The molecule has 0 spiro atoms. The van der Waals surface area contributed by atoms with Crippen molar-refractivity contribution in [1.82, 2.24) is 16.0 Å². The van der Waals surface area contributed by atoms with Gasteiger partial charge >= 0.3 is 0 Å². The second kappa shape index (κ2) is 11.9. The Labute approximate surface area is 190 Å². The van der Waals surface area contributed by atoms with E-state index in [0.717, 1.165) is 55.0 Å². The quantitative estimate of drug-likeness (QED) is 0.360. The Bertz CT molecular complexity index is 953. The molecule has 0 atom stereocenters. The van der Waals surface area contributed by atoms with Gasteiger partial charge in [0.1, 0.15) is 0 Å². The lowest BCUT2D eigenvalue weighted by Crippen LogP contribution is -2.38. The Kier molecular flexibility index (Phi) is 8.66. The number of guanidine groups is 1. The van der Waals surface area contributed by atoms with Crippen LogP contribution in [0.2, 0.25) is 0 Å². The molecule has 2 aromatic rings. The number of aliphatic imine (C=N–C) groups is 1. The summed E-state index contributed by atoms with van der Waals surface area (Å²) in [5, 5.41) is 12.3. The number of carbonyl (C=O) groups is 2. The zero-order chi connectivity index (χ0) is 22.8. The molecular formula is C25H33N5O2. The van der Waals surface area contributed by atoms with Crippen LogP contribution in [0.1, 0.15) is 47.7 Å². The number of nitrogens with one attached hydrogen (secondary N) is 4. The van der Waals surface area contributed by atoms with Gasteiger partial charge in [-0.15, -0.1) is 0 Å². The summed E-state index contributed by atoms with van der Waals surface area (Å²) >= 11 is 0. The predicted octanol–water partition coefficient (Wildman–Crippen LogP) is 3.08. The average molecular weight is 436 g/mol. The first-order valence-corrected chi connectivity index (χ1v) is 11.3. The van der Waals surface area contributed by atoms with Crippen LogP contribution < -0.4 is 21.3 Å². The van der Waals surface area contributed by atoms with Crippen LogP contribution >= 0.6 is 0 Å². The third kappa shape index (κ3) is 6.83. The summed E-state index contributed by atoms with van der Waals surface area (Å²) in [6, 6.07) is 15.5. The molecule has 7 heteroatoms. The van der Waals surface area contributed by atoms with Gasteiger partial charge in [0.15, 0.2) is 5.96 Å². The molecule has 2 amide bonds. The van der Waals surface area contributed by atoms with Gasteiger partial charge < -0.3 is 21.3 Å². The molecule has 0 unspecified atom stereocenters. The first kappa shape index (κ1) is 23.3. The summed E-state index contributed by atoms with van der Waals surface area (Å²) in [5.41, 5.74) is 3.61. The second-order valence-corrected chi connectivity index (χ2v) is 7.97. The average Bonchev–Trinajstić information content (AvgIpc) is 2.76. The van der Waals surface area contributed by atoms with Crippen molar-refractivity contribution >= 4 is 23.5 Å². The highest BCUT2D eigenvalue weighted by Crippen LogP contribution is 2.27. The number of hydrogen-bond donors (Lipinski definition) is 4. The summed E-state index contributed by atoms with van der Waals surface area (Å²) < 4.78 is 0.